The second-order valence-corrected chi connectivity index (χ2v) is 7.05. The lowest BCUT2D eigenvalue weighted by Gasteiger charge is -2.02. The van der Waals surface area contributed by atoms with Gasteiger partial charge in [0, 0.05) is 15.8 Å². The minimum absolute atomic E-state index is 0.251. The largest absolute Gasteiger partial charge is 0.329 e. The molecule has 0 spiro atoms. The highest BCUT2D eigenvalue weighted by Crippen LogP contribution is 2.34. The summed E-state index contributed by atoms with van der Waals surface area (Å²) in [5.74, 6) is -0.325. The van der Waals surface area contributed by atoms with Crippen molar-refractivity contribution in [2.45, 2.75) is 6.92 Å². The van der Waals surface area contributed by atoms with Gasteiger partial charge in [-0.05, 0) is 25.1 Å². The van der Waals surface area contributed by atoms with Crippen LogP contribution in [-0.2, 0) is 0 Å². The van der Waals surface area contributed by atoms with Gasteiger partial charge in [-0.15, -0.1) is 22.7 Å². The molecule has 0 saturated carbocycles. The average molecular weight is 350 g/mol. The van der Waals surface area contributed by atoms with E-state index in [0.29, 0.717) is 15.7 Å². The summed E-state index contributed by atoms with van der Waals surface area (Å²) in [7, 11) is 0. The maximum atomic E-state index is 13.6. The molecule has 0 aliphatic heterocycles. The van der Waals surface area contributed by atoms with Gasteiger partial charge >= 0.3 is 0 Å². The fraction of sp³-hybridized carbons (Fsp3) is 0.0667. The molecule has 2 aromatic heterocycles. The smallest absolute Gasteiger partial charge is 0.226 e. The molecule has 3 aromatic rings. The van der Waals surface area contributed by atoms with E-state index >= 15 is 0 Å². The molecule has 0 atom stereocenters. The van der Waals surface area contributed by atoms with E-state index in [-0.39, 0.29) is 10.9 Å². The maximum Gasteiger partial charge on any atom is 0.226 e. The minimum atomic E-state index is -0.325. The molecule has 0 bridgehead atoms. The molecule has 0 aliphatic rings. The number of benzene rings is 1. The summed E-state index contributed by atoms with van der Waals surface area (Å²) in [6.45, 7) is 1.93. The quantitative estimate of drug-likeness (QED) is 0.641. The molecule has 1 N–H and O–H groups in total. The lowest BCUT2D eigenvalue weighted by molar-refractivity contribution is 0.109. The van der Waals surface area contributed by atoms with Gasteiger partial charge in [-0.3, -0.25) is 4.79 Å². The number of carbonyl (C=O) groups is 1. The van der Waals surface area contributed by atoms with Crippen molar-refractivity contribution in [3.05, 3.63) is 51.3 Å². The summed E-state index contributed by atoms with van der Waals surface area (Å²) >= 11 is 6.62. The first-order valence-electron chi connectivity index (χ1n) is 6.36. The SMILES string of the molecule is Cc1sc(C(=O)S)cc1-c1csc(Nc2ccccc2F)n1. The zero-order chi connectivity index (χ0) is 15.7. The van der Waals surface area contributed by atoms with Crippen LogP contribution in [0.25, 0.3) is 11.3 Å². The third kappa shape index (κ3) is 3.06. The van der Waals surface area contributed by atoms with E-state index in [1.165, 1.54) is 28.7 Å². The summed E-state index contributed by atoms with van der Waals surface area (Å²) in [6.07, 6.45) is 0. The first kappa shape index (κ1) is 15.2. The van der Waals surface area contributed by atoms with Crippen LogP contribution in [0, 0.1) is 12.7 Å². The number of aromatic nitrogens is 1. The number of rotatable bonds is 4. The number of nitrogens with one attached hydrogen (secondary N) is 1. The molecule has 3 rings (SSSR count). The molecule has 0 fully saturated rings. The molecule has 0 saturated heterocycles. The van der Waals surface area contributed by atoms with Gasteiger partial charge in [-0.1, -0.05) is 24.8 Å². The van der Waals surface area contributed by atoms with Crippen molar-refractivity contribution in [3.8, 4) is 11.3 Å². The van der Waals surface area contributed by atoms with Gasteiger partial charge in [0.15, 0.2) is 5.13 Å². The van der Waals surface area contributed by atoms with Gasteiger partial charge in [-0.2, -0.15) is 0 Å². The van der Waals surface area contributed by atoms with Crippen LogP contribution in [0.4, 0.5) is 15.2 Å². The first-order chi connectivity index (χ1) is 10.5. The van der Waals surface area contributed by atoms with E-state index in [1.807, 2.05) is 12.3 Å². The number of anilines is 2. The van der Waals surface area contributed by atoms with Crippen LogP contribution >= 0.6 is 35.3 Å². The molecular weight excluding hydrogens is 339 g/mol. The third-order valence-electron chi connectivity index (χ3n) is 3.02. The number of thiol groups is 1. The molecule has 0 amide bonds. The standard InChI is InChI=1S/C15H11FN2OS3/c1-8-9(6-13(22-8)14(19)20)12-7-21-15(18-12)17-11-5-3-2-4-10(11)16/h2-7H,1H3,(H,17,18)(H,19,20). The van der Waals surface area contributed by atoms with E-state index in [1.54, 1.807) is 24.3 Å². The Morgan fingerprint density at radius 3 is 2.82 bits per heavy atom. The Morgan fingerprint density at radius 1 is 1.36 bits per heavy atom. The molecule has 2 heterocycles. The van der Waals surface area contributed by atoms with Crippen LogP contribution in [0.5, 0.6) is 0 Å². The zero-order valence-corrected chi connectivity index (χ0v) is 14.0. The van der Waals surface area contributed by atoms with E-state index in [2.05, 4.69) is 22.9 Å². The number of para-hydroxylation sites is 1. The Kier molecular flexibility index (Phi) is 4.28. The Balaban J connectivity index is 1.88. The third-order valence-corrected chi connectivity index (χ3v) is 5.22. The molecule has 0 unspecified atom stereocenters. The molecule has 0 radical (unpaired) electrons. The van der Waals surface area contributed by atoms with Crippen molar-refractivity contribution >= 4 is 51.2 Å². The van der Waals surface area contributed by atoms with Gasteiger partial charge in [0.2, 0.25) is 5.12 Å². The van der Waals surface area contributed by atoms with Gasteiger partial charge < -0.3 is 5.32 Å². The van der Waals surface area contributed by atoms with Crippen molar-refractivity contribution in [1.82, 2.24) is 4.98 Å². The van der Waals surface area contributed by atoms with Crippen molar-refractivity contribution in [3.63, 3.8) is 0 Å². The average Bonchev–Trinajstić information content (AvgIpc) is 3.08. The van der Waals surface area contributed by atoms with Crippen LogP contribution in [0.15, 0.2) is 35.7 Å². The van der Waals surface area contributed by atoms with Crippen molar-refractivity contribution < 1.29 is 9.18 Å². The van der Waals surface area contributed by atoms with Gasteiger partial charge in [0.1, 0.15) is 5.82 Å². The lowest BCUT2D eigenvalue weighted by atomic mass is 10.2. The maximum absolute atomic E-state index is 13.6. The first-order valence-corrected chi connectivity index (χ1v) is 8.50. The molecular formula is C15H11FN2OS3. The highest BCUT2D eigenvalue weighted by atomic mass is 32.1. The summed E-state index contributed by atoms with van der Waals surface area (Å²) in [6, 6.07) is 8.23. The van der Waals surface area contributed by atoms with E-state index < -0.39 is 0 Å². The van der Waals surface area contributed by atoms with Crippen LogP contribution in [0.1, 0.15) is 14.5 Å². The monoisotopic (exact) mass is 350 g/mol. The number of carbonyl (C=O) groups excluding carboxylic acids is 1. The number of thiophene rings is 1. The predicted molar refractivity (Wildman–Crippen MR) is 93.2 cm³/mol. The summed E-state index contributed by atoms with van der Waals surface area (Å²) in [5.41, 5.74) is 2.05. The summed E-state index contributed by atoms with van der Waals surface area (Å²) in [4.78, 5) is 17.4. The number of nitrogens with zero attached hydrogens (tertiary/aromatic N) is 1. The van der Waals surface area contributed by atoms with Gasteiger partial charge in [0.05, 0.1) is 16.3 Å². The van der Waals surface area contributed by atoms with Crippen molar-refractivity contribution in [1.29, 1.82) is 0 Å². The van der Waals surface area contributed by atoms with Gasteiger partial charge in [-0.25, -0.2) is 9.37 Å². The van der Waals surface area contributed by atoms with Crippen molar-refractivity contribution in [2.24, 2.45) is 0 Å². The van der Waals surface area contributed by atoms with Crippen LogP contribution < -0.4 is 5.32 Å². The molecule has 22 heavy (non-hydrogen) atoms. The molecule has 0 aliphatic carbocycles. The Bertz CT molecular complexity index is 841. The molecule has 1 aromatic carbocycles. The van der Waals surface area contributed by atoms with E-state index in [0.717, 1.165) is 16.1 Å². The fourth-order valence-electron chi connectivity index (χ4n) is 1.97. The fourth-order valence-corrected chi connectivity index (χ4v) is 3.77. The highest BCUT2D eigenvalue weighted by Gasteiger charge is 2.14. The second kappa shape index (κ2) is 6.20. The predicted octanol–water partition coefficient (Wildman–Crippen LogP) is 5.13. The van der Waals surface area contributed by atoms with E-state index in [9.17, 15) is 9.18 Å². The normalized spacial score (nSPS) is 10.7. The Labute approximate surface area is 140 Å². The molecule has 3 nitrogen and oxygen atoms in total. The summed E-state index contributed by atoms with van der Waals surface area (Å²) < 4.78 is 13.6. The molecule has 7 heteroatoms. The van der Waals surface area contributed by atoms with Crippen LogP contribution in [0.3, 0.4) is 0 Å². The summed E-state index contributed by atoms with van der Waals surface area (Å²) in [5, 5.41) is 5.20. The van der Waals surface area contributed by atoms with Crippen LogP contribution in [-0.4, -0.2) is 10.1 Å². The second-order valence-electron chi connectivity index (χ2n) is 4.53. The van der Waals surface area contributed by atoms with Crippen molar-refractivity contribution in [2.75, 3.05) is 5.32 Å². The zero-order valence-electron chi connectivity index (χ0n) is 11.5. The number of thiazole rings is 1. The Morgan fingerprint density at radius 2 is 2.14 bits per heavy atom. The van der Waals surface area contributed by atoms with E-state index in [4.69, 9.17) is 0 Å². The number of aryl methyl sites for hydroxylation is 1. The topological polar surface area (TPSA) is 42.0 Å². The lowest BCUT2D eigenvalue weighted by Crippen LogP contribution is -1.92. The Hall–Kier alpha value is -1.70. The number of hydrogen-bond donors (Lipinski definition) is 2. The highest BCUT2D eigenvalue weighted by molar-refractivity contribution is 7.97. The number of hydrogen-bond acceptors (Lipinski definition) is 5. The molecule has 112 valence electrons. The van der Waals surface area contributed by atoms with Gasteiger partial charge in [0.25, 0.3) is 0 Å². The van der Waals surface area contributed by atoms with Crippen LogP contribution in [0.2, 0.25) is 0 Å². The minimum Gasteiger partial charge on any atom is -0.329 e. The number of halogens is 1.